The second-order valence-corrected chi connectivity index (χ2v) is 13.3. The Morgan fingerprint density at radius 2 is 1.48 bits per heavy atom. The van der Waals surface area contributed by atoms with E-state index in [0.717, 1.165) is 6.42 Å². The Morgan fingerprint density at radius 1 is 0.870 bits per heavy atom. The van der Waals surface area contributed by atoms with Crippen LogP contribution < -0.4 is 15.4 Å². The van der Waals surface area contributed by atoms with Crippen molar-refractivity contribution in [2.24, 2.45) is 10.8 Å². The van der Waals surface area contributed by atoms with Gasteiger partial charge in [-0.05, 0) is 46.5 Å². The molecule has 0 aromatic heterocycles. The summed E-state index contributed by atoms with van der Waals surface area (Å²) in [5.41, 5.74) is -1.25. The maximum atomic E-state index is 14.0. The average molecular weight is 667 g/mol. The standard InChI is InChI=1S/C32H50F4N2O8/c1-9-32(7,20-44-18-31(5,6)17-42-8)19-43-15-13-24(39)37-14-11-10-12-23(38-29(41)46-30(2,3)4)28(40)45-27-25(35)21(33)16-22(34)26(27)36/h16,23H,9-15,17-20H2,1-8H3,(H,37,39)(H,38,41)/t23-,32?/m0/s1. The normalized spacial score (nSPS) is 13.9. The molecule has 0 radical (unpaired) electrons. The minimum Gasteiger partial charge on any atom is -0.444 e. The molecule has 14 heteroatoms. The molecule has 0 aliphatic rings. The van der Waals surface area contributed by atoms with Gasteiger partial charge in [-0.2, -0.15) is 8.78 Å². The van der Waals surface area contributed by atoms with E-state index in [0.29, 0.717) is 32.8 Å². The van der Waals surface area contributed by atoms with Crippen LogP contribution in [-0.2, 0) is 28.5 Å². The van der Waals surface area contributed by atoms with Gasteiger partial charge in [0.1, 0.15) is 11.6 Å². The number of hydrogen-bond acceptors (Lipinski definition) is 8. The maximum absolute atomic E-state index is 14.0. The van der Waals surface area contributed by atoms with Gasteiger partial charge >= 0.3 is 12.1 Å². The van der Waals surface area contributed by atoms with Crippen LogP contribution in [0.25, 0.3) is 0 Å². The Labute approximate surface area is 269 Å². The molecule has 46 heavy (non-hydrogen) atoms. The molecule has 1 aromatic rings. The Morgan fingerprint density at radius 3 is 2.04 bits per heavy atom. The quantitative estimate of drug-likeness (QED) is 0.0586. The lowest BCUT2D eigenvalue weighted by Gasteiger charge is -2.30. The van der Waals surface area contributed by atoms with Gasteiger partial charge in [0.15, 0.2) is 11.6 Å². The molecule has 10 nitrogen and oxygen atoms in total. The summed E-state index contributed by atoms with van der Waals surface area (Å²) in [5, 5.41) is 4.98. The fraction of sp³-hybridized carbons (Fsp3) is 0.719. The van der Waals surface area contributed by atoms with E-state index in [-0.39, 0.29) is 55.2 Å². The minimum atomic E-state index is -1.90. The molecule has 1 aromatic carbocycles. The second-order valence-electron chi connectivity index (χ2n) is 13.3. The molecule has 0 aliphatic carbocycles. The van der Waals surface area contributed by atoms with Gasteiger partial charge in [0, 0.05) is 37.0 Å². The van der Waals surface area contributed by atoms with Crippen molar-refractivity contribution in [2.45, 2.75) is 92.2 Å². The number of hydrogen-bond donors (Lipinski definition) is 2. The topological polar surface area (TPSA) is 121 Å². The van der Waals surface area contributed by atoms with E-state index >= 15 is 0 Å². The van der Waals surface area contributed by atoms with Crippen LogP contribution >= 0.6 is 0 Å². The molecule has 264 valence electrons. The van der Waals surface area contributed by atoms with Crippen LogP contribution in [0.1, 0.15) is 80.6 Å². The van der Waals surface area contributed by atoms with Crippen LogP contribution in [-0.4, -0.2) is 76.3 Å². The molecule has 1 rings (SSSR count). The highest BCUT2D eigenvalue weighted by molar-refractivity contribution is 5.83. The van der Waals surface area contributed by atoms with Crippen molar-refractivity contribution in [3.63, 3.8) is 0 Å². The largest absolute Gasteiger partial charge is 0.444 e. The lowest BCUT2D eigenvalue weighted by atomic mass is 9.89. The molecule has 2 amide bonds. The van der Waals surface area contributed by atoms with Gasteiger partial charge < -0.3 is 34.3 Å². The molecule has 0 bridgehead atoms. The van der Waals surface area contributed by atoms with Crippen molar-refractivity contribution < 1.29 is 55.6 Å². The third kappa shape index (κ3) is 15.5. The lowest BCUT2D eigenvalue weighted by molar-refractivity contribution is -0.137. The van der Waals surface area contributed by atoms with Crippen molar-refractivity contribution in [1.82, 2.24) is 10.6 Å². The lowest BCUT2D eigenvalue weighted by Crippen LogP contribution is -2.45. The molecule has 1 unspecified atom stereocenters. The van der Waals surface area contributed by atoms with Gasteiger partial charge in [0.25, 0.3) is 0 Å². The summed E-state index contributed by atoms with van der Waals surface area (Å²) in [6, 6.07) is -1.50. The highest BCUT2D eigenvalue weighted by Gasteiger charge is 2.30. The van der Waals surface area contributed by atoms with E-state index < -0.39 is 52.7 Å². The van der Waals surface area contributed by atoms with Gasteiger partial charge in [-0.15, -0.1) is 0 Å². The second kappa shape index (κ2) is 19.0. The van der Waals surface area contributed by atoms with Crippen LogP contribution in [0.2, 0.25) is 0 Å². The first-order chi connectivity index (χ1) is 21.3. The van der Waals surface area contributed by atoms with Crippen molar-refractivity contribution in [1.29, 1.82) is 0 Å². The van der Waals surface area contributed by atoms with Crippen LogP contribution in [0.5, 0.6) is 5.75 Å². The minimum absolute atomic E-state index is 0.0243. The van der Waals surface area contributed by atoms with E-state index in [1.807, 2.05) is 6.92 Å². The summed E-state index contributed by atoms with van der Waals surface area (Å²) in [7, 11) is 1.65. The zero-order valence-electron chi connectivity index (χ0n) is 28.2. The number of carbonyl (C=O) groups excluding carboxylic acids is 3. The summed E-state index contributed by atoms with van der Waals surface area (Å²) in [6.45, 7) is 15.4. The van der Waals surface area contributed by atoms with E-state index in [1.54, 1.807) is 27.9 Å². The number of unbranched alkanes of at least 4 members (excludes halogenated alkanes) is 1. The molecule has 0 saturated carbocycles. The van der Waals surface area contributed by atoms with Crippen molar-refractivity contribution >= 4 is 18.0 Å². The number of ether oxygens (including phenoxy) is 5. The first-order valence-electron chi connectivity index (χ1n) is 15.3. The van der Waals surface area contributed by atoms with Gasteiger partial charge in [0.05, 0.1) is 33.0 Å². The van der Waals surface area contributed by atoms with Gasteiger partial charge in [-0.3, -0.25) is 4.79 Å². The van der Waals surface area contributed by atoms with Crippen LogP contribution in [0.4, 0.5) is 22.4 Å². The molecule has 2 N–H and O–H groups in total. The van der Waals surface area contributed by atoms with E-state index in [4.69, 9.17) is 18.9 Å². The molecule has 0 heterocycles. The van der Waals surface area contributed by atoms with E-state index in [9.17, 15) is 31.9 Å². The summed E-state index contributed by atoms with van der Waals surface area (Å²) in [6.07, 6.45) is 0.426. The van der Waals surface area contributed by atoms with Crippen LogP contribution in [0.15, 0.2) is 6.07 Å². The Hall–Kier alpha value is -2.97. The smallest absolute Gasteiger partial charge is 0.408 e. The number of nitrogens with one attached hydrogen (secondary N) is 2. The van der Waals surface area contributed by atoms with E-state index in [1.165, 1.54) is 0 Å². The number of alkyl carbamates (subject to hydrolysis) is 1. The third-order valence-electron chi connectivity index (χ3n) is 6.75. The summed E-state index contributed by atoms with van der Waals surface area (Å²) >= 11 is 0. The fourth-order valence-corrected chi connectivity index (χ4v) is 4.04. The van der Waals surface area contributed by atoms with Gasteiger partial charge in [0.2, 0.25) is 23.3 Å². The summed E-state index contributed by atoms with van der Waals surface area (Å²) in [4.78, 5) is 37.3. The maximum Gasteiger partial charge on any atom is 0.408 e. The molecular formula is C32H50F4N2O8. The van der Waals surface area contributed by atoms with E-state index in [2.05, 4.69) is 36.1 Å². The Bertz CT molecular complexity index is 1120. The molecule has 0 saturated heterocycles. The number of methoxy groups -OCH3 is 1. The first-order valence-corrected chi connectivity index (χ1v) is 15.3. The molecule has 0 fully saturated rings. The van der Waals surface area contributed by atoms with Gasteiger partial charge in [-0.25, -0.2) is 18.4 Å². The predicted molar refractivity (Wildman–Crippen MR) is 162 cm³/mol. The zero-order chi connectivity index (χ0) is 35.1. The number of rotatable bonds is 20. The zero-order valence-corrected chi connectivity index (χ0v) is 28.2. The molecule has 0 aliphatic heterocycles. The van der Waals surface area contributed by atoms with Crippen LogP contribution in [0.3, 0.4) is 0 Å². The highest BCUT2D eigenvalue weighted by atomic mass is 19.2. The van der Waals surface area contributed by atoms with Crippen molar-refractivity contribution in [3.05, 3.63) is 29.3 Å². The molecule has 0 spiro atoms. The fourth-order valence-electron chi connectivity index (χ4n) is 4.04. The number of halogens is 4. The summed E-state index contributed by atoms with van der Waals surface area (Å²) < 4.78 is 81.9. The van der Waals surface area contributed by atoms with Crippen molar-refractivity contribution in [2.75, 3.05) is 46.7 Å². The first kappa shape index (κ1) is 41.1. The number of esters is 1. The predicted octanol–water partition coefficient (Wildman–Crippen LogP) is 5.84. The monoisotopic (exact) mass is 666 g/mol. The average Bonchev–Trinajstić information content (AvgIpc) is 2.94. The number of benzene rings is 1. The Balaban J connectivity index is 2.57. The molecular weight excluding hydrogens is 616 g/mol. The Kier molecular flexibility index (Phi) is 17.0. The summed E-state index contributed by atoms with van der Waals surface area (Å²) in [5.74, 6) is -10.5. The highest BCUT2D eigenvalue weighted by Crippen LogP contribution is 2.27. The van der Waals surface area contributed by atoms with Gasteiger partial charge in [-0.1, -0.05) is 27.7 Å². The number of amides is 2. The molecule has 2 atom stereocenters. The third-order valence-corrected chi connectivity index (χ3v) is 6.75. The van der Waals surface area contributed by atoms with Crippen molar-refractivity contribution in [3.8, 4) is 5.75 Å². The SMILES string of the molecule is CCC(C)(COCCC(=O)NCCCC[C@H](NC(=O)OC(C)(C)C)C(=O)Oc1c(F)c(F)cc(F)c1F)COCC(C)(C)COC. The number of carbonyl (C=O) groups is 3. The van der Waals surface area contributed by atoms with Crippen LogP contribution in [0, 0.1) is 34.1 Å².